The van der Waals surface area contributed by atoms with Gasteiger partial charge in [-0.3, -0.25) is 9.88 Å². The Labute approximate surface area is 127 Å². The van der Waals surface area contributed by atoms with Crippen molar-refractivity contribution in [3.05, 3.63) is 66.0 Å². The molecule has 0 unspecified atom stereocenters. The van der Waals surface area contributed by atoms with Crippen LogP contribution < -0.4 is 0 Å². The van der Waals surface area contributed by atoms with E-state index in [0.717, 1.165) is 31.5 Å². The summed E-state index contributed by atoms with van der Waals surface area (Å²) in [6.45, 7) is 4.22. The third kappa shape index (κ3) is 4.66. The van der Waals surface area contributed by atoms with Crippen molar-refractivity contribution in [2.24, 2.45) is 0 Å². The summed E-state index contributed by atoms with van der Waals surface area (Å²) in [7, 11) is 0. The lowest BCUT2D eigenvalue weighted by Crippen LogP contribution is -2.33. The zero-order valence-electron chi connectivity index (χ0n) is 12.7. The van der Waals surface area contributed by atoms with Gasteiger partial charge < -0.3 is 5.11 Å². The highest BCUT2D eigenvalue weighted by Crippen LogP contribution is 2.20. The van der Waals surface area contributed by atoms with Crippen molar-refractivity contribution in [3.8, 4) is 0 Å². The second-order valence-corrected chi connectivity index (χ2v) is 5.26. The van der Waals surface area contributed by atoms with Crippen LogP contribution in [0.1, 0.15) is 30.5 Å². The number of rotatable bonds is 8. The summed E-state index contributed by atoms with van der Waals surface area (Å²) in [5, 5.41) is 9.80. The van der Waals surface area contributed by atoms with Crippen LogP contribution in [0.5, 0.6) is 0 Å². The molecule has 3 heteroatoms. The van der Waals surface area contributed by atoms with E-state index in [1.165, 1.54) is 5.56 Å². The summed E-state index contributed by atoms with van der Waals surface area (Å²) in [4.78, 5) is 6.53. The molecular formula is C18H24N2O. The van der Waals surface area contributed by atoms with Crippen molar-refractivity contribution >= 4 is 0 Å². The molecule has 1 atom stereocenters. The Morgan fingerprint density at radius 1 is 1.10 bits per heavy atom. The van der Waals surface area contributed by atoms with Crippen molar-refractivity contribution < 1.29 is 5.11 Å². The average molecular weight is 284 g/mol. The van der Waals surface area contributed by atoms with Crippen LogP contribution in [0.2, 0.25) is 0 Å². The summed E-state index contributed by atoms with van der Waals surface area (Å²) in [6, 6.07) is 14.5. The molecule has 1 heterocycles. The van der Waals surface area contributed by atoms with Gasteiger partial charge in [0.25, 0.3) is 0 Å². The molecule has 0 saturated heterocycles. The van der Waals surface area contributed by atoms with Gasteiger partial charge in [0.1, 0.15) is 0 Å². The Bertz CT molecular complexity index is 501. The lowest BCUT2D eigenvalue weighted by molar-refractivity contribution is 0.124. The molecule has 0 saturated carbocycles. The second kappa shape index (κ2) is 8.55. The van der Waals surface area contributed by atoms with Crippen LogP contribution in [0.4, 0.5) is 0 Å². The number of aromatic nitrogens is 1. The van der Waals surface area contributed by atoms with Crippen LogP contribution in [-0.4, -0.2) is 34.7 Å². The Kier molecular flexibility index (Phi) is 6.38. The Balaban J connectivity index is 2.06. The number of hydrogen-bond donors (Lipinski definition) is 1. The van der Waals surface area contributed by atoms with Gasteiger partial charge in [0, 0.05) is 18.9 Å². The quantitative estimate of drug-likeness (QED) is 0.809. The number of benzene rings is 1. The van der Waals surface area contributed by atoms with Gasteiger partial charge in [-0.05, 0) is 36.6 Å². The van der Waals surface area contributed by atoms with Gasteiger partial charge >= 0.3 is 0 Å². The summed E-state index contributed by atoms with van der Waals surface area (Å²) in [5.41, 5.74) is 2.42. The molecule has 21 heavy (non-hydrogen) atoms. The fourth-order valence-electron chi connectivity index (χ4n) is 2.63. The molecule has 0 spiro atoms. The minimum atomic E-state index is 0.0300. The monoisotopic (exact) mass is 284 g/mol. The molecule has 0 aliphatic rings. The molecule has 0 amide bonds. The number of aliphatic hydroxyl groups excluding tert-OH is 1. The fraction of sp³-hybridized carbons (Fsp3) is 0.389. The van der Waals surface area contributed by atoms with Crippen LogP contribution >= 0.6 is 0 Å². The lowest BCUT2D eigenvalue weighted by Gasteiger charge is -2.30. The zero-order valence-corrected chi connectivity index (χ0v) is 12.7. The van der Waals surface area contributed by atoms with E-state index in [1.54, 1.807) is 6.20 Å². The first kappa shape index (κ1) is 15.7. The van der Waals surface area contributed by atoms with Crippen molar-refractivity contribution in [2.45, 2.75) is 25.8 Å². The van der Waals surface area contributed by atoms with E-state index in [9.17, 15) is 5.11 Å². The van der Waals surface area contributed by atoms with Gasteiger partial charge in [-0.2, -0.15) is 0 Å². The molecule has 1 aromatic carbocycles. The first-order chi connectivity index (χ1) is 10.3. The van der Waals surface area contributed by atoms with E-state index in [4.69, 9.17) is 0 Å². The van der Waals surface area contributed by atoms with Crippen LogP contribution in [0.25, 0.3) is 0 Å². The highest BCUT2D eigenvalue weighted by molar-refractivity contribution is 5.16. The van der Waals surface area contributed by atoms with E-state index in [1.807, 2.05) is 24.4 Å². The SMILES string of the molecule is CCCN(CCc1ccccc1)[C@H](CO)c1cccnc1. The van der Waals surface area contributed by atoms with Crippen LogP contribution in [-0.2, 0) is 6.42 Å². The molecule has 0 radical (unpaired) electrons. The lowest BCUT2D eigenvalue weighted by atomic mass is 10.1. The molecule has 1 N–H and O–H groups in total. The van der Waals surface area contributed by atoms with E-state index >= 15 is 0 Å². The van der Waals surface area contributed by atoms with Crippen LogP contribution in [0, 0.1) is 0 Å². The zero-order chi connectivity index (χ0) is 14.9. The van der Waals surface area contributed by atoms with Crippen LogP contribution in [0.3, 0.4) is 0 Å². The largest absolute Gasteiger partial charge is 0.394 e. The molecular weight excluding hydrogens is 260 g/mol. The molecule has 112 valence electrons. The molecule has 1 aromatic heterocycles. The number of aliphatic hydroxyl groups is 1. The maximum Gasteiger partial charge on any atom is 0.0629 e. The topological polar surface area (TPSA) is 36.4 Å². The Morgan fingerprint density at radius 3 is 2.52 bits per heavy atom. The number of nitrogens with zero attached hydrogens (tertiary/aromatic N) is 2. The smallest absolute Gasteiger partial charge is 0.0629 e. The predicted molar refractivity (Wildman–Crippen MR) is 86.1 cm³/mol. The Morgan fingerprint density at radius 2 is 1.90 bits per heavy atom. The summed E-state index contributed by atoms with van der Waals surface area (Å²) < 4.78 is 0. The average Bonchev–Trinajstić information content (AvgIpc) is 2.55. The first-order valence-electron chi connectivity index (χ1n) is 7.64. The molecule has 0 aliphatic heterocycles. The fourth-order valence-corrected chi connectivity index (χ4v) is 2.63. The van der Waals surface area contributed by atoms with E-state index in [-0.39, 0.29) is 12.6 Å². The van der Waals surface area contributed by atoms with E-state index < -0.39 is 0 Å². The first-order valence-corrected chi connectivity index (χ1v) is 7.64. The minimum absolute atomic E-state index is 0.0300. The molecule has 3 nitrogen and oxygen atoms in total. The van der Waals surface area contributed by atoms with Crippen molar-refractivity contribution in [3.63, 3.8) is 0 Å². The molecule has 0 aliphatic carbocycles. The highest BCUT2D eigenvalue weighted by atomic mass is 16.3. The van der Waals surface area contributed by atoms with Gasteiger partial charge in [0.05, 0.1) is 12.6 Å². The number of hydrogen-bond acceptors (Lipinski definition) is 3. The maximum absolute atomic E-state index is 9.80. The highest BCUT2D eigenvalue weighted by Gasteiger charge is 2.18. The Hall–Kier alpha value is -1.71. The van der Waals surface area contributed by atoms with Crippen LogP contribution in [0.15, 0.2) is 54.9 Å². The standard InChI is InChI=1S/C18H24N2O/c1-2-12-20(13-10-16-7-4-3-5-8-16)18(15-21)17-9-6-11-19-14-17/h3-9,11,14,18,21H,2,10,12-13,15H2,1H3/t18-/m1/s1. The second-order valence-electron chi connectivity index (χ2n) is 5.26. The van der Waals surface area contributed by atoms with Gasteiger partial charge in [-0.1, -0.05) is 43.3 Å². The molecule has 2 aromatic rings. The van der Waals surface area contributed by atoms with Crippen molar-refractivity contribution in [1.82, 2.24) is 9.88 Å². The third-order valence-electron chi connectivity index (χ3n) is 3.72. The van der Waals surface area contributed by atoms with Crippen molar-refractivity contribution in [2.75, 3.05) is 19.7 Å². The molecule has 2 rings (SSSR count). The van der Waals surface area contributed by atoms with E-state index in [0.29, 0.717) is 0 Å². The number of pyridine rings is 1. The van der Waals surface area contributed by atoms with Gasteiger partial charge in [-0.25, -0.2) is 0 Å². The van der Waals surface area contributed by atoms with Gasteiger partial charge in [-0.15, -0.1) is 0 Å². The summed E-state index contributed by atoms with van der Waals surface area (Å²) in [6.07, 6.45) is 5.70. The summed E-state index contributed by atoms with van der Waals surface area (Å²) in [5.74, 6) is 0. The van der Waals surface area contributed by atoms with Crippen molar-refractivity contribution in [1.29, 1.82) is 0 Å². The molecule has 0 fully saturated rings. The normalized spacial score (nSPS) is 12.5. The third-order valence-corrected chi connectivity index (χ3v) is 3.72. The minimum Gasteiger partial charge on any atom is -0.394 e. The molecule has 0 bridgehead atoms. The summed E-state index contributed by atoms with van der Waals surface area (Å²) >= 11 is 0. The van der Waals surface area contributed by atoms with Gasteiger partial charge in [0.15, 0.2) is 0 Å². The van der Waals surface area contributed by atoms with E-state index in [2.05, 4.69) is 41.1 Å². The maximum atomic E-state index is 9.80. The predicted octanol–water partition coefficient (Wildman–Crippen LogP) is 3.07. The van der Waals surface area contributed by atoms with Gasteiger partial charge in [0.2, 0.25) is 0 Å².